The number of urea groups is 1. The Morgan fingerprint density at radius 2 is 1.73 bits per heavy atom. The first-order chi connectivity index (χ1) is 17.7. The summed E-state index contributed by atoms with van der Waals surface area (Å²) in [5.41, 5.74) is 1.88. The van der Waals surface area contributed by atoms with Crippen molar-refractivity contribution >= 4 is 68.7 Å². The van der Waals surface area contributed by atoms with E-state index in [-0.39, 0.29) is 17.9 Å². The van der Waals surface area contributed by atoms with Crippen molar-refractivity contribution in [1.29, 1.82) is 0 Å². The minimum atomic E-state index is -0.850. The maximum Gasteiger partial charge on any atom is 0.335 e. The summed E-state index contributed by atoms with van der Waals surface area (Å²) in [4.78, 5) is 39.4. The quantitative estimate of drug-likeness (QED) is 0.240. The van der Waals surface area contributed by atoms with E-state index in [0.29, 0.717) is 43.8 Å². The molecule has 0 radical (unpaired) electrons. The van der Waals surface area contributed by atoms with Crippen LogP contribution in [0.5, 0.6) is 11.5 Å². The molecular formula is C27H21BrCl2N2O5. The number of ether oxygens (including phenoxy) is 2. The fraction of sp³-hybridized carbons (Fsp3) is 0.148. The number of rotatable bonds is 7. The first kappa shape index (κ1) is 26.7. The summed E-state index contributed by atoms with van der Waals surface area (Å²) in [6.07, 6.45) is 1.39. The molecule has 1 heterocycles. The summed E-state index contributed by atoms with van der Waals surface area (Å²) >= 11 is 15.9. The van der Waals surface area contributed by atoms with E-state index in [1.54, 1.807) is 43.3 Å². The Hall–Kier alpha value is -3.33. The maximum atomic E-state index is 13.3. The smallest absolute Gasteiger partial charge is 0.335 e. The molecule has 3 aromatic carbocycles. The van der Waals surface area contributed by atoms with Gasteiger partial charge in [0.05, 0.1) is 16.8 Å². The first-order valence-corrected chi connectivity index (χ1v) is 12.7. The molecule has 7 nitrogen and oxygen atoms in total. The van der Waals surface area contributed by atoms with Gasteiger partial charge in [-0.2, -0.15) is 0 Å². The van der Waals surface area contributed by atoms with Crippen LogP contribution in [0.1, 0.15) is 23.6 Å². The van der Waals surface area contributed by atoms with Gasteiger partial charge in [0.25, 0.3) is 11.8 Å². The molecule has 1 aliphatic heterocycles. The van der Waals surface area contributed by atoms with Crippen LogP contribution in [-0.4, -0.2) is 24.5 Å². The molecule has 0 bridgehead atoms. The van der Waals surface area contributed by atoms with Crippen molar-refractivity contribution in [2.45, 2.75) is 20.5 Å². The summed E-state index contributed by atoms with van der Waals surface area (Å²) in [5, 5.41) is 3.19. The van der Waals surface area contributed by atoms with Gasteiger partial charge in [-0.05, 0) is 77.3 Å². The van der Waals surface area contributed by atoms with Crippen LogP contribution in [0, 0.1) is 6.92 Å². The highest BCUT2D eigenvalue weighted by Gasteiger charge is 2.37. The average molecular weight is 604 g/mol. The highest BCUT2D eigenvalue weighted by Crippen LogP contribution is 2.39. The third-order valence-corrected chi connectivity index (χ3v) is 6.92. The van der Waals surface area contributed by atoms with Gasteiger partial charge in [0.15, 0.2) is 11.5 Å². The van der Waals surface area contributed by atoms with Crippen LogP contribution in [0.2, 0.25) is 10.0 Å². The summed E-state index contributed by atoms with van der Waals surface area (Å²) < 4.78 is 12.3. The van der Waals surface area contributed by atoms with E-state index >= 15 is 0 Å². The van der Waals surface area contributed by atoms with Gasteiger partial charge in [-0.3, -0.25) is 14.9 Å². The van der Waals surface area contributed by atoms with E-state index in [1.807, 2.05) is 25.1 Å². The topological polar surface area (TPSA) is 84.9 Å². The number of hydrogen-bond donors (Lipinski definition) is 1. The molecule has 0 unspecified atom stereocenters. The molecule has 0 aliphatic carbocycles. The van der Waals surface area contributed by atoms with Crippen LogP contribution in [0.4, 0.5) is 10.5 Å². The molecule has 0 saturated carbocycles. The van der Waals surface area contributed by atoms with Gasteiger partial charge in [0.1, 0.15) is 12.2 Å². The van der Waals surface area contributed by atoms with E-state index in [4.69, 9.17) is 32.7 Å². The zero-order valence-electron chi connectivity index (χ0n) is 19.8. The SMILES string of the molecule is CCOc1cc(/C=C2\C(=O)NC(=O)N(c3cccc(Cl)c3C)C2=O)cc(Br)c1OCc1ccccc1Cl. The Kier molecular flexibility index (Phi) is 8.22. The number of benzene rings is 3. The number of barbiturate groups is 1. The highest BCUT2D eigenvalue weighted by molar-refractivity contribution is 9.10. The van der Waals surface area contributed by atoms with Crippen LogP contribution in [0.25, 0.3) is 6.08 Å². The predicted molar refractivity (Wildman–Crippen MR) is 146 cm³/mol. The minimum Gasteiger partial charge on any atom is -0.490 e. The van der Waals surface area contributed by atoms with E-state index in [1.165, 1.54) is 6.08 Å². The van der Waals surface area contributed by atoms with Gasteiger partial charge in [-0.15, -0.1) is 0 Å². The van der Waals surface area contributed by atoms with Gasteiger partial charge in [0, 0.05) is 15.6 Å². The summed E-state index contributed by atoms with van der Waals surface area (Å²) in [7, 11) is 0. The molecule has 1 N–H and O–H groups in total. The highest BCUT2D eigenvalue weighted by atomic mass is 79.9. The average Bonchev–Trinajstić information content (AvgIpc) is 2.85. The third kappa shape index (κ3) is 5.66. The van der Waals surface area contributed by atoms with Crippen LogP contribution in [-0.2, 0) is 16.2 Å². The van der Waals surface area contributed by atoms with Crippen molar-refractivity contribution in [2.24, 2.45) is 0 Å². The van der Waals surface area contributed by atoms with Crippen molar-refractivity contribution in [1.82, 2.24) is 5.32 Å². The van der Waals surface area contributed by atoms with Gasteiger partial charge in [-0.1, -0.05) is 47.5 Å². The molecule has 0 spiro atoms. The van der Waals surface area contributed by atoms with E-state index < -0.39 is 17.8 Å². The molecule has 10 heteroatoms. The number of halogens is 3. The van der Waals surface area contributed by atoms with Crippen molar-refractivity contribution in [3.8, 4) is 11.5 Å². The fourth-order valence-corrected chi connectivity index (χ4v) is 4.65. The Balaban J connectivity index is 1.69. The van der Waals surface area contributed by atoms with Crippen molar-refractivity contribution in [3.05, 3.63) is 91.4 Å². The molecule has 0 aromatic heterocycles. The second-order valence-electron chi connectivity index (χ2n) is 7.98. The number of carbonyl (C=O) groups is 3. The molecule has 4 amide bonds. The maximum absolute atomic E-state index is 13.3. The third-order valence-electron chi connectivity index (χ3n) is 5.55. The standard InChI is InChI=1S/C27H21BrCl2N2O5/c1-3-36-23-13-16(12-19(28)24(23)37-14-17-7-4-5-8-21(17)30)11-18-25(33)31-27(35)32(26(18)34)22-10-6-9-20(29)15(22)2/h4-13H,3,14H2,1-2H3,(H,31,33,35)/b18-11+. The Morgan fingerprint density at radius 1 is 1.00 bits per heavy atom. The van der Waals surface area contributed by atoms with Crippen LogP contribution >= 0.6 is 39.1 Å². The van der Waals surface area contributed by atoms with E-state index in [9.17, 15) is 14.4 Å². The molecule has 3 aromatic rings. The zero-order chi connectivity index (χ0) is 26.7. The largest absolute Gasteiger partial charge is 0.490 e. The first-order valence-electron chi connectivity index (χ1n) is 11.2. The number of nitrogens with one attached hydrogen (secondary N) is 1. The normalized spacial score (nSPS) is 14.7. The predicted octanol–water partition coefficient (Wildman–Crippen LogP) is 6.71. The van der Waals surface area contributed by atoms with Gasteiger partial charge < -0.3 is 9.47 Å². The Labute approximate surface area is 232 Å². The fourth-order valence-electron chi connectivity index (χ4n) is 3.72. The molecular weight excluding hydrogens is 583 g/mol. The molecule has 37 heavy (non-hydrogen) atoms. The summed E-state index contributed by atoms with van der Waals surface area (Å²) in [5.74, 6) is -0.737. The summed E-state index contributed by atoms with van der Waals surface area (Å²) in [6, 6.07) is 14.7. The Bertz CT molecular complexity index is 1440. The van der Waals surface area contributed by atoms with Gasteiger partial charge in [-0.25, -0.2) is 9.69 Å². The molecule has 1 aliphatic rings. The lowest BCUT2D eigenvalue weighted by molar-refractivity contribution is -0.122. The Morgan fingerprint density at radius 3 is 2.46 bits per heavy atom. The van der Waals surface area contributed by atoms with Crippen molar-refractivity contribution in [3.63, 3.8) is 0 Å². The number of hydrogen-bond acceptors (Lipinski definition) is 5. The molecule has 4 rings (SSSR count). The second-order valence-corrected chi connectivity index (χ2v) is 9.65. The van der Waals surface area contributed by atoms with Gasteiger partial charge in [0.2, 0.25) is 0 Å². The molecule has 190 valence electrons. The van der Waals surface area contributed by atoms with Crippen LogP contribution in [0.3, 0.4) is 0 Å². The van der Waals surface area contributed by atoms with Crippen LogP contribution in [0.15, 0.2) is 64.6 Å². The lowest BCUT2D eigenvalue weighted by Gasteiger charge is -2.27. The zero-order valence-corrected chi connectivity index (χ0v) is 22.9. The number of amides is 4. The number of carbonyl (C=O) groups excluding carboxylic acids is 3. The molecule has 1 fully saturated rings. The number of anilines is 1. The lowest BCUT2D eigenvalue weighted by atomic mass is 10.1. The van der Waals surface area contributed by atoms with Gasteiger partial charge >= 0.3 is 6.03 Å². The molecule has 0 atom stereocenters. The second kappa shape index (κ2) is 11.4. The van der Waals surface area contributed by atoms with E-state index in [2.05, 4.69) is 21.2 Å². The van der Waals surface area contributed by atoms with Crippen LogP contribution < -0.4 is 19.7 Å². The number of nitrogens with zero attached hydrogens (tertiary/aromatic N) is 1. The molecule has 1 saturated heterocycles. The minimum absolute atomic E-state index is 0.204. The summed E-state index contributed by atoms with van der Waals surface area (Å²) in [6.45, 7) is 4.07. The number of imide groups is 2. The monoisotopic (exact) mass is 602 g/mol. The lowest BCUT2D eigenvalue weighted by Crippen LogP contribution is -2.54. The van der Waals surface area contributed by atoms with E-state index in [0.717, 1.165) is 10.5 Å². The van der Waals surface area contributed by atoms with Crippen molar-refractivity contribution in [2.75, 3.05) is 11.5 Å². The van der Waals surface area contributed by atoms with Crippen molar-refractivity contribution < 1.29 is 23.9 Å².